The van der Waals surface area contributed by atoms with E-state index < -0.39 is 0 Å². The second kappa shape index (κ2) is 6.93. The Morgan fingerprint density at radius 2 is 2.29 bits per heavy atom. The van der Waals surface area contributed by atoms with Crippen molar-refractivity contribution in [1.82, 2.24) is 15.1 Å². The molecule has 0 aromatic rings. The number of nitrogens with zero attached hydrogens (tertiary/aromatic N) is 2. The molecule has 0 bridgehead atoms. The maximum Gasteiger partial charge on any atom is 0.221 e. The smallest absolute Gasteiger partial charge is 0.221 e. The van der Waals surface area contributed by atoms with Crippen LogP contribution in [0.1, 0.15) is 19.3 Å². The van der Waals surface area contributed by atoms with Gasteiger partial charge in [0, 0.05) is 38.6 Å². The van der Waals surface area contributed by atoms with Crippen LogP contribution in [0.15, 0.2) is 0 Å². The number of nitrogens with two attached hydrogens (primary N) is 1. The maximum absolute atomic E-state index is 11.5. The lowest BCUT2D eigenvalue weighted by Crippen LogP contribution is -2.48. The van der Waals surface area contributed by atoms with Gasteiger partial charge in [-0.2, -0.15) is 0 Å². The zero-order valence-corrected chi connectivity index (χ0v) is 11.3. The quantitative estimate of drug-likeness (QED) is 0.658. The Labute approximate surface area is 104 Å². The van der Waals surface area contributed by atoms with E-state index in [1.165, 1.54) is 12.8 Å². The van der Waals surface area contributed by atoms with Gasteiger partial charge < -0.3 is 16.0 Å². The van der Waals surface area contributed by atoms with Crippen LogP contribution in [0.2, 0.25) is 0 Å². The van der Waals surface area contributed by atoms with Gasteiger partial charge in [0.15, 0.2) is 0 Å². The summed E-state index contributed by atoms with van der Waals surface area (Å²) in [7, 11) is 5.86. The number of hydrogen-bond donors (Lipinski definition) is 2. The lowest BCUT2D eigenvalue weighted by atomic mass is 10.1. The average Bonchev–Trinajstić information content (AvgIpc) is 2.72. The van der Waals surface area contributed by atoms with Crippen LogP contribution in [0.4, 0.5) is 0 Å². The third-order valence-corrected chi connectivity index (χ3v) is 3.44. The molecule has 100 valence electrons. The van der Waals surface area contributed by atoms with Crippen molar-refractivity contribution in [2.45, 2.75) is 31.3 Å². The molecule has 1 fully saturated rings. The number of likely N-dealkylation sites (N-methyl/N-ethyl adjacent to an activating group) is 1. The van der Waals surface area contributed by atoms with E-state index in [4.69, 9.17) is 5.73 Å². The molecule has 1 amide bonds. The predicted octanol–water partition coefficient (Wildman–Crippen LogP) is -0.524. The highest BCUT2D eigenvalue weighted by Gasteiger charge is 2.31. The summed E-state index contributed by atoms with van der Waals surface area (Å²) in [5, 5.41) is 2.68. The summed E-state index contributed by atoms with van der Waals surface area (Å²) in [4.78, 5) is 16.1. The molecule has 2 unspecified atom stereocenters. The molecule has 0 aliphatic carbocycles. The van der Waals surface area contributed by atoms with Gasteiger partial charge in [-0.3, -0.25) is 9.69 Å². The Bertz CT molecular complexity index is 245. The van der Waals surface area contributed by atoms with Gasteiger partial charge in [0.05, 0.1) is 0 Å². The van der Waals surface area contributed by atoms with E-state index in [-0.39, 0.29) is 11.9 Å². The minimum Gasteiger partial charge on any atom is -0.359 e. The predicted molar refractivity (Wildman–Crippen MR) is 69.8 cm³/mol. The summed E-state index contributed by atoms with van der Waals surface area (Å²) in [6, 6.07) is 0.727. The van der Waals surface area contributed by atoms with E-state index in [0.717, 1.165) is 13.1 Å². The minimum atomic E-state index is 0.0796. The van der Waals surface area contributed by atoms with Crippen molar-refractivity contribution < 1.29 is 4.79 Å². The monoisotopic (exact) mass is 242 g/mol. The van der Waals surface area contributed by atoms with Gasteiger partial charge >= 0.3 is 0 Å². The Morgan fingerprint density at radius 1 is 1.59 bits per heavy atom. The molecule has 0 spiro atoms. The normalized spacial score (nSPS) is 23.0. The van der Waals surface area contributed by atoms with E-state index in [2.05, 4.69) is 29.2 Å². The molecular formula is C12H26N4O. The van der Waals surface area contributed by atoms with Crippen molar-refractivity contribution in [1.29, 1.82) is 0 Å². The summed E-state index contributed by atoms with van der Waals surface area (Å²) >= 11 is 0. The fourth-order valence-electron chi connectivity index (χ4n) is 2.61. The largest absolute Gasteiger partial charge is 0.359 e. The number of carbonyl (C=O) groups excluding carboxylic acids is 1. The molecule has 0 saturated carbocycles. The van der Waals surface area contributed by atoms with E-state index >= 15 is 0 Å². The molecule has 1 aliphatic heterocycles. The molecule has 1 heterocycles. The number of amides is 1. The number of rotatable bonds is 6. The van der Waals surface area contributed by atoms with Crippen LogP contribution in [0.3, 0.4) is 0 Å². The number of hydrogen-bond acceptors (Lipinski definition) is 4. The Kier molecular flexibility index (Phi) is 5.88. The van der Waals surface area contributed by atoms with Crippen molar-refractivity contribution in [3.05, 3.63) is 0 Å². The van der Waals surface area contributed by atoms with E-state index in [9.17, 15) is 4.79 Å². The Balaban J connectivity index is 2.57. The summed E-state index contributed by atoms with van der Waals surface area (Å²) < 4.78 is 0. The van der Waals surface area contributed by atoms with Crippen molar-refractivity contribution >= 4 is 5.91 Å². The second-order valence-electron chi connectivity index (χ2n) is 5.06. The van der Waals surface area contributed by atoms with Crippen LogP contribution >= 0.6 is 0 Å². The van der Waals surface area contributed by atoms with E-state index in [0.29, 0.717) is 19.0 Å². The molecule has 2 atom stereocenters. The van der Waals surface area contributed by atoms with Crippen LogP contribution in [-0.2, 0) is 4.79 Å². The summed E-state index contributed by atoms with van der Waals surface area (Å²) in [6.07, 6.45) is 2.93. The lowest BCUT2D eigenvalue weighted by molar-refractivity contribution is -0.121. The first kappa shape index (κ1) is 14.4. The highest BCUT2D eigenvalue weighted by atomic mass is 16.1. The van der Waals surface area contributed by atoms with Gasteiger partial charge in [-0.05, 0) is 33.5 Å². The highest BCUT2D eigenvalue weighted by Crippen LogP contribution is 2.21. The van der Waals surface area contributed by atoms with Crippen molar-refractivity contribution in [2.75, 3.05) is 40.8 Å². The van der Waals surface area contributed by atoms with Crippen LogP contribution in [0, 0.1) is 0 Å². The molecule has 5 nitrogen and oxygen atoms in total. The highest BCUT2D eigenvalue weighted by molar-refractivity contribution is 5.76. The molecule has 1 aliphatic rings. The SMILES string of the molecule is CNC(=O)CC(CN)N1CCCC1CN(C)C. The average molecular weight is 242 g/mol. The maximum atomic E-state index is 11.5. The first-order chi connectivity index (χ1) is 8.08. The first-order valence-corrected chi connectivity index (χ1v) is 6.39. The second-order valence-corrected chi connectivity index (χ2v) is 5.06. The molecule has 3 N–H and O–H groups in total. The molecule has 1 saturated heterocycles. The van der Waals surface area contributed by atoms with Gasteiger partial charge in [0.2, 0.25) is 5.91 Å². The van der Waals surface area contributed by atoms with Crippen molar-refractivity contribution in [3.8, 4) is 0 Å². The number of carbonyl (C=O) groups is 1. The van der Waals surface area contributed by atoms with Crippen LogP contribution in [0.5, 0.6) is 0 Å². The molecule has 0 radical (unpaired) electrons. The van der Waals surface area contributed by atoms with Gasteiger partial charge in [-0.15, -0.1) is 0 Å². The van der Waals surface area contributed by atoms with Crippen molar-refractivity contribution in [2.24, 2.45) is 5.73 Å². The summed E-state index contributed by atoms with van der Waals surface area (Å²) in [6.45, 7) is 2.67. The molecular weight excluding hydrogens is 216 g/mol. The molecule has 5 heteroatoms. The number of nitrogens with one attached hydrogen (secondary N) is 1. The Hall–Kier alpha value is -0.650. The topological polar surface area (TPSA) is 61.6 Å². The van der Waals surface area contributed by atoms with Crippen molar-refractivity contribution in [3.63, 3.8) is 0 Å². The Morgan fingerprint density at radius 3 is 2.82 bits per heavy atom. The lowest BCUT2D eigenvalue weighted by Gasteiger charge is -2.33. The van der Waals surface area contributed by atoms with E-state index in [1.807, 2.05) is 0 Å². The van der Waals surface area contributed by atoms with Crippen LogP contribution < -0.4 is 11.1 Å². The fraction of sp³-hybridized carbons (Fsp3) is 0.917. The van der Waals surface area contributed by atoms with Crippen LogP contribution in [0.25, 0.3) is 0 Å². The minimum absolute atomic E-state index is 0.0796. The van der Waals surface area contributed by atoms with Gasteiger partial charge in [-0.1, -0.05) is 0 Å². The van der Waals surface area contributed by atoms with Crippen LogP contribution in [-0.4, -0.2) is 68.6 Å². The third kappa shape index (κ3) is 4.26. The van der Waals surface area contributed by atoms with E-state index in [1.54, 1.807) is 7.05 Å². The summed E-state index contributed by atoms with van der Waals surface area (Å²) in [5.74, 6) is 0.0796. The zero-order chi connectivity index (χ0) is 12.8. The summed E-state index contributed by atoms with van der Waals surface area (Å²) in [5.41, 5.74) is 5.81. The van der Waals surface area contributed by atoms with Gasteiger partial charge in [-0.25, -0.2) is 0 Å². The standard InChI is InChI=1S/C12H26N4O/c1-14-12(17)7-11(8-13)16-6-4-5-10(16)9-15(2)3/h10-11H,4-9,13H2,1-3H3,(H,14,17). The number of likely N-dealkylation sites (tertiary alicyclic amines) is 1. The first-order valence-electron chi connectivity index (χ1n) is 6.39. The zero-order valence-electron chi connectivity index (χ0n) is 11.3. The molecule has 1 rings (SSSR count). The fourth-order valence-corrected chi connectivity index (χ4v) is 2.61. The van der Waals surface area contributed by atoms with Gasteiger partial charge in [0.1, 0.15) is 0 Å². The third-order valence-electron chi connectivity index (χ3n) is 3.44. The molecule has 0 aromatic heterocycles. The van der Waals surface area contributed by atoms with Gasteiger partial charge in [0.25, 0.3) is 0 Å². The molecule has 17 heavy (non-hydrogen) atoms. The molecule has 0 aromatic carbocycles.